The van der Waals surface area contributed by atoms with Crippen LogP contribution in [0.2, 0.25) is 0 Å². The van der Waals surface area contributed by atoms with Crippen molar-refractivity contribution in [3.63, 3.8) is 0 Å². The van der Waals surface area contributed by atoms with Gasteiger partial charge in [-0.25, -0.2) is 0 Å². The molecule has 10 heavy (non-hydrogen) atoms. The van der Waals surface area contributed by atoms with Gasteiger partial charge in [0.2, 0.25) is 0 Å². The molecule has 0 aliphatic heterocycles. The van der Waals surface area contributed by atoms with E-state index in [0.717, 1.165) is 24.6 Å². The Balaban J connectivity index is 3.50. The summed E-state index contributed by atoms with van der Waals surface area (Å²) in [5.41, 5.74) is 0. The Morgan fingerprint density at radius 1 is 1.10 bits per heavy atom. The highest BCUT2D eigenvalue weighted by Gasteiger charge is 2.05. The highest BCUT2D eigenvalue weighted by atomic mass is 32.1. The summed E-state index contributed by atoms with van der Waals surface area (Å²) in [6.07, 6.45) is 0. The number of nitrogens with zero attached hydrogens (tertiary/aromatic N) is 1. The molecular formula is C7H17NS2. The van der Waals surface area contributed by atoms with Crippen LogP contribution in [0, 0.1) is 0 Å². The highest BCUT2D eigenvalue weighted by Crippen LogP contribution is 1.98. The van der Waals surface area contributed by atoms with Gasteiger partial charge in [0.25, 0.3) is 0 Å². The number of hydrogen-bond acceptors (Lipinski definition) is 3. The van der Waals surface area contributed by atoms with Gasteiger partial charge in [0.15, 0.2) is 0 Å². The van der Waals surface area contributed by atoms with Crippen LogP contribution in [0.5, 0.6) is 0 Å². The summed E-state index contributed by atoms with van der Waals surface area (Å²) in [5.74, 6) is 1.87. The molecule has 3 heteroatoms. The minimum absolute atomic E-state index is 0.624. The Kier molecular flexibility index (Phi) is 6.80. The third-order valence-electron chi connectivity index (χ3n) is 1.50. The molecule has 0 heterocycles. The normalized spacial score (nSPS) is 11.4. The molecule has 0 rings (SSSR count). The highest BCUT2D eigenvalue weighted by molar-refractivity contribution is 7.80. The van der Waals surface area contributed by atoms with Crippen molar-refractivity contribution in [3.8, 4) is 0 Å². The second kappa shape index (κ2) is 6.38. The van der Waals surface area contributed by atoms with Crippen LogP contribution >= 0.6 is 25.3 Å². The van der Waals surface area contributed by atoms with E-state index in [9.17, 15) is 0 Å². The van der Waals surface area contributed by atoms with E-state index in [1.54, 1.807) is 0 Å². The van der Waals surface area contributed by atoms with Gasteiger partial charge in [0.1, 0.15) is 0 Å². The standard InChI is InChI=1S/C7H17NS2/c1-7(2)8(3-5-9)4-6-10/h7,9-10H,3-6H2,1-2H3. The minimum Gasteiger partial charge on any atom is -0.299 e. The van der Waals surface area contributed by atoms with E-state index in [1.807, 2.05) is 0 Å². The average Bonchev–Trinajstić information content (AvgIpc) is 1.87. The second-order valence-corrected chi connectivity index (χ2v) is 3.47. The maximum Gasteiger partial charge on any atom is 0.00729 e. The predicted molar refractivity (Wildman–Crippen MR) is 54.4 cm³/mol. The summed E-state index contributed by atoms with van der Waals surface area (Å²) in [6.45, 7) is 6.54. The first kappa shape index (κ1) is 10.7. The molecule has 0 unspecified atom stereocenters. The fraction of sp³-hybridized carbons (Fsp3) is 1.00. The number of thiol groups is 2. The van der Waals surface area contributed by atoms with Crippen molar-refractivity contribution < 1.29 is 0 Å². The van der Waals surface area contributed by atoms with Gasteiger partial charge in [0, 0.05) is 30.6 Å². The fourth-order valence-corrected chi connectivity index (χ4v) is 1.40. The fourth-order valence-electron chi connectivity index (χ4n) is 0.885. The van der Waals surface area contributed by atoms with Gasteiger partial charge in [-0.05, 0) is 13.8 Å². The Morgan fingerprint density at radius 2 is 1.50 bits per heavy atom. The SMILES string of the molecule is CC(C)N(CCS)CCS. The van der Waals surface area contributed by atoms with Crippen molar-refractivity contribution in [2.45, 2.75) is 19.9 Å². The summed E-state index contributed by atoms with van der Waals surface area (Å²) in [4.78, 5) is 2.38. The van der Waals surface area contributed by atoms with Crippen LogP contribution in [-0.2, 0) is 0 Å². The summed E-state index contributed by atoms with van der Waals surface area (Å²) < 4.78 is 0. The third-order valence-corrected chi connectivity index (χ3v) is 1.90. The lowest BCUT2D eigenvalue weighted by atomic mass is 10.3. The molecule has 0 fully saturated rings. The lowest BCUT2D eigenvalue weighted by Gasteiger charge is -2.24. The molecule has 0 atom stereocenters. The maximum absolute atomic E-state index is 4.18. The molecule has 0 aromatic carbocycles. The largest absolute Gasteiger partial charge is 0.299 e. The molecule has 0 aromatic rings. The topological polar surface area (TPSA) is 3.24 Å². The maximum atomic E-state index is 4.18. The molecule has 0 aliphatic carbocycles. The van der Waals surface area contributed by atoms with Crippen LogP contribution in [0.1, 0.15) is 13.8 Å². The monoisotopic (exact) mass is 179 g/mol. The van der Waals surface area contributed by atoms with Gasteiger partial charge in [-0.2, -0.15) is 25.3 Å². The van der Waals surface area contributed by atoms with Crippen molar-refractivity contribution in [2.24, 2.45) is 0 Å². The predicted octanol–water partition coefficient (Wildman–Crippen LogP) is 1.56. The molecule has 1 nitrogen and oxygen atoms in total. The van der Waals surface area contributed by atoms with Crippen LogP contribution in [0.4, 0.5) is 0 Å². The molecule has 0 N–H and O–H groups in total. The van der Waals surface area contributed by atoms with E-state index < -0.39 is 0 Å². The van der Waals surface area contributed by atoms with Crippen molar-refractivity contribution in [3.05, 3.63) is 0 Å². The molecule has 0 radical (unpaired) electrons. The third kappa shape index (κ3) is 4.47. The van der Waals surface area contributed by atoms with E-state index in [0.29, 0.717) is 6.04 Å². The lowest BCUT2D eigenvalue weighted by Crippen LogP contribution is -2.34. The van der Waals surface area contributed by atoms with Gasteiger partial charge in [-0.3, -0.25) is 4.90 Å². The molecule has 0 aliphatic rings. The molecule has 62 valence electrons. The smallest absolute Gasteiger partial charge is 0.00729 e. The van der Waals surface area contributed by atoms with E-state index in [2.05, 4.69) is 44.0 Å². The summed E-state index contributed by atoms with van der Waals surface area (Å²) >= 11 is 8.36. The summed E-state index contributed by atoms with van der Waals surface area (Å²) in [5, 5.41) is 0. The van der Waals surface area contributed by atoms with E-state index in [4.69, 9.17) is 0 Å². The second-order valence-electron chi connectivity index (χ2n) is 2.58. The Hall–Kier alpha value is 0.660. The zero-order chi connectivity index (χ0) is 7.98. The number of rotatable bonds is 5. The molecule has 0 saturated carbocycles. The van der Waals surface area contributed by atoms with Crippen LogP contribution in [0.3, 0.4) is 0 Å². The molecule has 0 amide bonds. The van der Waals surface area contributed by atoms with Gasteiger partial charge >= 0.3 is 0 Å². The Labute approximate surface area is 75.0 Å². The number of hydrogen-bond donors (Lipinski definition) is 2. The molecule has 0 bridgehead atoms. The first-order chi connectivity index (χ1) is 4.72. The zero-order valence-corrected chi connectivity index (χ0v) is 8.54. The summed E-state index contributed by atoms with van der Waals surface area (Å²) in [6, 6.07) is 0.624. The van der Waals surface area contributed by atoms with Crippen LogP contribution < -0.4 is 0 Å². The van der Waals surface area contributed by atoms with E-state index >= 15 is 0 Å². The van der Waals surface area contributed by atoms with Gasteiger partial charge in [-0.15, -0.1) is 0 Å². The molecular weight excluding hydrogens is 162 g/mol. The zero-order valence-electron chi connectivity index (χ0n) is 6.75. The summed E-state index contributed by atoms with van der Waals surface area (Å²) in [7, 11) is 0. The molecule has 0 spiro atoms. The van der Waals surface area contributed by atoms with E-state index in [1.165, 1.54) is 0 Å². The van der Waals surface area contributed by atoms with Crippen LogP contribution in [-0.4, -0.2) is 35.5 Å². The lowest BCUT2D eigenvalue weighted by molar-refractivity contribution is 0.251. The van der Waals surface area contributed by atoms with Crippen molar-refractivity contribution in [1.29, 1.82) is 0 Å². The quantitative estimate of drug-likeness (QED) is 0.606. The van der Waals surface area contributed by atoms with Gasteiger partial charge in [-0.1, -0.05) is 0 Å². The van der Waals surface area contributed by atoms with Crippen molar-refractivity contribution in [1.82, 2.24) is 4.90 Å². The first-order valence-electron chi connectivity index (χ1n) is 3.68. The minimum atomic E-state index is 0.624. The van der Waals surface area contributed by atoms with E-state index in [-0.39, 0.29) is 0 Å². The molecule has 0 aromatic heterocycles. The van der Waals surface area contributed by atoms with Crippen LogP contribution in [0.25, 0.3) is 0 Å². The molecule has 0 saturated heterocycles. The Morgan fingerprint density at radius 3 is 1.70 bits per heavy atom. The first-order valence-corrected chi connectivity index (χ1v) is 4.94. The van der Waals surface area contributed by atoms with Gasteiger partial charge < -0.3 is 0 Å². The van der Waals surface area contributed by atoms with Crippen molar-refractivity contribution in [2.75, 3.05) is 24.6 Å². The van der Waals surface area contributed by atoms with Crippen LogP contribution in [0.15, 0.2) is 0 Å². The van der Waals surface area contributed by atoms with Crippen molar-refractivity contribution >= 4 is 25.3 Å². The van der Waals surface area contributed by atoms with Gasteiger partial charge in [0.05, 0.1) is 0 Å². The Bertz CT molecular complexity index is 70.0. The average molecular weight is 179 g/mol.